The quantitative estimate of drug-likeness (QED) is 0.672. The highest BCUT2D eigenvalue weighted by molar-refractivity contribution is 5.76. The van der Waals surface area contributed by atoms with E-state index < -0.39 is 0 Å². The van der Waals surface area contributed by atoms with Gasteiger partial charge in [0.2, 0.25) is 5.91 Å². The lowest BCUT2D eigenvalue weighted by Crippen LogP contribution is -2.21. The Labute approximate surface area is 101 Å². The van der Waals surface area contributed by atoms with Crippen LogP contribution >= 0.6 is 0 Å². The first-order valence-corrected chi connectivity index (χ1v) is 5.72. The second-order valence-electron chi connectivity index (χ2n) is 3.69. The molecule has 6 heteroatoms. The predicted molar refractivity (Wildman–Crippen MR) is 67.6 cm³/mol. The van der Waals surface area contributed by atoms with Crippen LogP contribution in [0.4, 0.5) is 11.6 Å². The summed E-state index contributed by atoms with van der Waals surface area (Å²) in [6.45, 7) is 2.60. The molecule has 0 unspecified atom stereocenters. The molecule has 0 fully saturated rings. The van der Waals surface area contributed by atoms with Crippen LogP contribution in [0.3, 0.4) is 0 Å². The number of carbonyl (C=O) groups is 1. The molecule has 94 valence electrons. The van der Waals surface area contributed by atoms with E-state index >= 15 is 0 Å². The van der Waals surface area contributed by atoms with E-state index in [9.17, 15) is 4.79 Å². The number of nitrogen functional groups attached to an aromatic ring is 1. The van der Waals surface area contributed by atoms with Crippen molar-refractivity contribution in [1.82, 2.24) is 15.3 Å². The van der Waals surface area contributed by atoms with Gasteiger partial charge in [0.15, 0.2) is 0 Å². The molecular weight excluding hydrogens is 218 g/mol. The molecule has 17 heavy (non-hydrogen) atoms. The Hall–Kier alpha value is -1.85. The van der Waals surface area contributed by atoms with Crippen molar-refractivity contribution in [2.45, 2.75) is 26.2 Å². The predicted octanol–water partition coefficient (Wildman–Crippen LogP) is 0.559. The molecule has 0 atom stereocenters. The fourth-order valence-electron chi connectivity index (χ4n) is 1.49. The van der Waals surface area contributed by atoms with Crippen LogP contribution in [-0.2, 0) is 11.2 Å². The number of nitrogens with zero attached hydrogens (tertiary/aromatic N) is 2. The molecule has 0 spiro atoms. The van der Waals surface area contributed by atoms with Crippen LogP contribution < -0.4 is 16.4 Å². The highest BCUT2D eigenvalue weighted by atomic mass is 16.1. The number of amides is 1. The van der Waals surface area contributed by atoms with Gasteiger partial charge in [-0.05, 0) is 6.42 Å². The van der Waals surface area contributed by atoms with Crippen LogP contribution in [0.1, 0.15) is 25.3 Å². The number of nitrogens with one attached hydrogen (secondary N) is 2. The van der Waals surface area contributed by atoms with Crippen molar-refractivity contribution < 1.29 is 4.79 Å². The van der Waals surface area contributed by atoms with Gasteiger partial charge in [-0.3, -0.25) is 4.79 Å². The van der Waals surface area contributed by atoms with Gasteiger partial charge in [-0.25, -0.2) is 9.97 Å². The summed E-state index contributed by atoms with van der Waals surface area (Å²) in [7, 11) is 1.62. The van der Waals surface area contributed by atoms with Gasteiger partial charge >= 0.3 is 0 Å². The van der Waals surface area contributed by atoms with Crippen molar-refractivity contribution in [1.29, 1.82) is 0 Å². The maximum atomic E-state index is 11.1. The van der Waals surface area contributed by atoms with Crippen molar-refractivity contribution in [3.63, 3.8) is 0 Å². The molecule has 0 aliphatic rings. The molecule has 0 radical (unpaired) electrons. The van der Waals surface area contributed by atoms with Gasteiger partial charge < -0.3 is 16.4 Å². The van der Waals surface area contributed by atoms with Crippen molar-refractivity contribution in [2.75, 3.05) is 24.6 Å². The summed E-state index contributed by atoms with van der Waals surface area (Å²) in [6.07, 6.45) is 3.64. The number of hydrogen-bond donors (Lipinski definition) is 3. The van der Waals surface area contributed by atoms with Crippen LogP contribution in [-0.4, -0.2) is 29.5 Å². The summed E-state index contributed by atoms with van der Waals surface area (Å²) >= 11 is 0. The Morgan fingerprint density at radius 1 is 1.47 bits per heavy atom. The maximum Gasteiger partial charge on any atom is 0.221 e. The number of carbonyl (C=O) groups excluding carboxylic acids is 1. The van der Waals surface area contributed by atoms with Crippen LogP contribution in [0.25, 0.3) is 0 Å². The maximum absolute atomic E-state index is 11.1. The van der Waals surface area contributed by atoms with E-state index in [0.29, 0.717) is 18.8 Å². The molecule has 0 saturated carbocycles. The van der Waals surface area contributed by atoms with Gasteiger partial charge in [0.05, 0.1) is 0 Å². The second-order valence-corrected chi connectivity index (χ2v) is 3.69. The van der Waals surface area contributed by atoms with Gasteiger partial charge in [-0.2, -0.15) is 0 Å². The lowest BCUT2D eigenvalue weighted by molar-refractivity contribution is -0.120. The molecule has 0 aromatic carbocycles. The molecule has 0 bridgehead atoms. The number of hydrogen-bond acceptors (Lipinski definition) is 5. The number of rotatable bonds is 6. The van der Waals surface area contributed by atoms with Crippen LogP contribution in [0, 0.1) is 0 Å². The highest BCUT2D eigenvalue weighted by Crippen LogP contribution is 2.18. The lowest BCUT2D eigenvalue weighted by Gasteiger charge is -2.11. The molecule has 1 rings (SSSR count). The average molecular weight is 237 g/mol. The van der Waals surface area contributed by atoms with Crippen LogP contribution in [0.15, 0.2) is 6.33 Å². The van der Waals surface area contributed by atoms with Crippen molar-refractivity contribution >= 4 is 17.5 Å². The minimum absolute atomic E-state index is 0.00318. The lowest BCUT2D eigenvalue weighted by atomic mass is 10.1. The Morgan fingerprint density at radius 2 is 2.24 bits per heavy atom. The summed E-state index contributed by atoms with van der Waals surface area (Å²) < 4.78 is 0. The molecule has 0 saturated heterocycles. The van der Waals surface area contributed by atoms with Crippen LogP contribution in [0.2, 0.25) is 0 Å². The van der Waals surface area contributed by atoms with Crippen molar-refractivity contribution in [3.8, 4) is 0 Å². The van der Waals surface area contributed by atoms with E-state index in [4.69, 9.17) is 5.73 Å². The SMILES string of the molecule is CCCc1c(N)ncnc1NCCC(=O)NC. The standard InChI is InChI=1S/C11H19N5O/c1-3-4-8-10(12)15-7-16-11(8)14-6-5-9(17)13-2/h7H,3-6H2,1-2H3,(H,13,17)(H3,12,14,15,16). The Bertz CT molecular complexity index is 380. The monoisotopic (exact) mass is 237 g/mol. The zero-order valence-corrected chi connectivity index (χ0v) is 10.3. The summed E-state index contributed by atoms with van der Waals surface area (Å²) in [5.74, 6) is 1.23. The first-order chi connectivity index (χ1) is 8.19. The molecule has 1 aromatic heterocycles. The fraction of sp³-hybridized carbons (Fsp3) is 0.545. The number of nitrogens with two attached hydrogens (primary N) is 1. The second kappa shape index (κ2) is 6.67. The molecule has 1 heterocycles. The van der Waals surface area contributed by atoms with Gasteiger partial charge in [-0.15, -0.1) is 0 Å². The topological polar surface area (TPSA) is 92.9 Å². The normalized spacial score (nSPS) is 10.0. The first-order valence-electron chi connectivity index (χ1n) is 5.72. The summed E-state index contributed by atoms with van der Waals surface area (Å²) in [4.78, 5) is 19.2. The minimum Gasteiger partial charge on any atom is -0.383 e. The Balaban J connectivity index is 2.63. The van der Waals surface area contributed by atoms with E-state index in [0.717, 1.165) is 24.2 Å². The Kier molecular flexibility index (Phi) is 5.19. The zero-order valence-electron chi connectivity index (χ0n) is 10.3. The van der Waals surface area contributed by atoms with E-state index in [-0.39, 0.29) is 5.91 Å². The van der Waals surface area contributed by atoms with E-state index in [1.54, 1.807) is 7.05 Å². The van der Waals surface area contributed by atoms with E-state index in [1.807, 2.05) is 0 Å². The number of aromatic nitrogens is 2. The molecule has 6 nitrogen and oxygen atoms in total. The fourth-order valence-corrected chi connectivity index (χ4v) is 1.49. The summed E-state index contributed by atoms with van der Waals surface area (Å²) in [5, 5.41) is 5.68. The molecule has 1 aromatic rings. The largest absolute Gasteiger partial charge is 0.383 e. The van der Waals surface area contributed by atoms with Gasteiger partial charge in [0.1, 0.15) is 18.0 Å². The zero-order chi connectivity index (χ0) is 12.7. The third-order valence-corrected chi connectivity index (χ3v) is 2.40. The van der Waals surface area contributed by atoms with Crippen molar-refractivity contribution in [2.24, 2.45) is 0 Å². The average Bonchev–Trinajstić information content (AvgIpc) is 2.33. The van der Waals surface area contributed by atoms with Gasteiger partial charge in [0.25, 0.3) is 0 Å². The van der Waals surface area contributed by atoms with E-state index in [1.165, 1.54) is 6.33 Å². The molecule has 0 aliphatic carbocycles. The molecular formula is C11H19N5O. The molecule has 0 aliphatic heterocycles. The first kappa shape index (κ1) is 13.2. The number of anilines is 2. The molecule has 4 N–H and O–H groups in total. The van der Waals surface area contributed by atoms with Crippen LogP contribution in [0.5, 0.6) is 0 Å². The third-order valence-electron chi connectivity index (χ3n) is 2.40. The van der Waals surface area contributed by atoms with Gasteiger partial charge in [0, 0.05) is 25.6 Å². The summed E-state index contributed by atoms with van der Waals surface area (Å²) in [6, 6.07) is 0. The molecule has 1 amide bonds. The highest BCUT2D eigenvalue weighted by Gasteiger charge is 2.08. The summed E-state index contributed by atoms with van der Waals surface area (Å²) in [5.41, 5.74) is 6.72. The third kappa shape index (κ3) is 3.90. The van der Waals surface area contributed by atoms with Crippen molar-refractivity contribution in [3.05, 3.63) is 11.9 Å². The van der Waals surface area contributed by atoms with E-state index in [2.05, 4.69) is 27.5 Å². The smallest absolute Gasteiger partial charge is 0.221 e. The van der Waals surface area contributed by atoms with Gasteiger partial charge in [-0.1, -0.05) is 13.3 Å². The minimum atomic E-state index is -0.00318. The Morgan fingerprint density at radius 3 is 2.88 bits per heavy atom.